The molecule has 1 fully saturated rings. The number of halogens is 1. The van der Waals surface area contributed by atoms with E-state index in [0.717, 1.165) is 31.3 Å². The van der Waals surface area contributed by atoms with Crippen molar-refractivity contribution in [1.82, 2.24) is 15.5 Å². The number of carbonyl (C=O) groups excluding carboxylic acids is 1. The van der Waals surface area contributed by atoms with Gasteiger partial charge in [0, 0.05) is 42.6 Å². The molecule has 1 heterocycles. The summed E-state index contributed by atoms with van der Waals surface area (Å²) >= 11 is 2.01. The number of guanidine groups is 1. The first-order chi connectivity index (χ1) is 9.85. The summed E-state index contributed by atoms with van der Waals surface area (Å²) in [6, 6.07) is 0. The number of nitrogens with zero attached hydrogens (tertiary/aromatic N) is 2. The third-order valence-corrected chi connectivity index (χ3v) is 4.55. The summed E-state index contributed by atoms with van der Waals surface area (Å²) in [5, 5.41) is 6.26. The largest absolute Gasteiger partial charge is 0.357 e. The third kappa shape index (κ3) is 7.89. The predicted octanol–water partition coefficient (Wildman–Crippen LogP) is 2.17. The highest BCUT2D eigenvalue weighted by Crippen LogP contribution is 2.29. The Bertz CT molecular complexity index is 375. The SMILES string of the molecule is CCNC(=NCCNC(=O)C(C)C)N1CCSC(C)(C)C1.I. The van der Waals surface area contributed by atoms with Crippen molar-refractivity contribution >= 4 is 47.6 Å². The maximum absolute atomic E-state index is 11.5. The number of nitrogens with one attached hydrogen (secondary N) is 2. The average Bonchev–Trinajstić information content (AvgIpc) is 2.40. The highest BCUT2D eigenvalue weighted by molar-refractivity contribution is 14.0. The van der Waals surface area contributed by atoms with Crippen LogP contribution in [0, 0.1) is 5.92 Å². The van der Waals surface area contributed by atoms with Crippen LogP contribution in [0.4, 0.5) is 0 Å². The highest BCUT2D eigenvalue weighted by atomic mass is 127. The maximum Gasteiger partial charge on any atom is 0.222 e. The summed E-state index contributed by atoms with van der Waals surface area (Å²) in [7, 11) is 0. The summed E-state index contributed by atoms with van der Waals surface area (Å²) in [6.45, 7) is 14.5. The smallest absolute Gasteiger partial charge is 0.222 e. The zero-order valence-electron chi connectivity index (χ0n) is 14.4. The van der Waals surface area contributed by atoms with Crippen molar-refractivity contribution in [2.24, 2.45) is 10.9 Å². The predicted molar refractivity (Wildman–Crippen MR) is 107 cm³/mol. The molecule has 130 valence electrons. The molecule has 7 heteroatoms. The number of amides is 1. The molecule has 1 aliphatic rings. The van der Waals surface area contributed by atoms with Crippen LogP contribution in [-0.2, 0) is 4.79 Å². The van der Waals surface area contributed by atoms with E-state index in [1.165, 1.54) is 0 Å². The molecule has 22 heavy (non-hydrogen) atoms. The lowest BCUT2D eigenvalue weighted by molar-refractivity contribution is -0.123. The molecule has 1 rings (SSSR count). The van der Waals surface area contributed by atoms with Gasteiger partial charge < -0.3 is 15.5 Å². The van der Waals surface area contributed by atoms with Gasteiger partial charge in [-0.3, -0.25) is 9.79 Å². The molecule has 0 saturated carbocycles. The van der Waals surface area contributed by atoms with Gasteiger partial charge in [-0.25, -0.2) is 0 Å². The van der Waals surface area contributed by atoms with E-state index in [1.54, 1.807) is 0 Å². The maximum atomic E-state index is 11.5. The monoisotopic (exact) mass is 442 g/mol. The second-order valence-corrected chi connectivity index (χ2v) is 8.01. The quantitative estimate of drug-likeness (QED) is 0.297. The first-order valence-corrected chi connectivity index (χ1v) is 8.79. The fourth-order valence-electron chi connectivity index (χ4n) is 2.17. The van der Waals surface area contributed by atoms with E-state index in [4.69, 9.17) is 0 Å². The Labute approximate surface area is 156 Å². The van der Waals surface area contributed by atoms with Gasteiger partial charge in [-0.2, -0.15) is 11.8 Å². The van der Waals surface area contributed by atoms with Gasteiger partial charge >= 0.3 is 0 Å². The van der Waals surface area contributed by atoms with Gasteiger partial charge in [-0.15, -0.1) is 24.0 Å². The summed E-state index contributed by atoms with van der Waals surface area (Å²) < 4.78 is 0.264. The van der Waals surface area contributed by atoms with Crippen molar-refractivity contribution in [3.05, 3.63) is 0 Å². The zero-order valence-corrected chi connectivity index (χ0v) is 17.6. The van der Waals surface area contributed by atoms with Crippen LogP contribution in [0.1, 0.15) is 34.6 Å². The summed E-state index contributed by atoms with van der Waals surface area (Å²) in [5.74, 6) is 2.21. The van der Waals surface area contributed by atoms with Crippen LogP contribution in [0.5, 0.6) is 0 Å². The zero-order chi connectivity index (χ0) is 15.9. The van der Waals surface area contributed by atoms with E-state index in [9.17, 15) is 4.79 Å². The molecule has 0 bridgehead atoms. The highest BCUT2D eigenvalue weighted by Gasteiger charge is 2.28. The van der Waals surface area contributed by atoms with Gasteiger partial charge in [-0.05, 0) is 20.8 Å². The number of aliphatic imine (C=N–C) groups is 1. The number of rotatable bonds is 5. The van der Waals surface area contributed by atoms with Crippen LogP contribution in [0.15, 0.2) is 4.99 Å². The molecular weight excluding hydrogens is 411 g/mol. The molecule has 0 atom stereocenters. The molecule has 2 N–H and O–H groups in total. The minimum absolute atomic E-state index is 0. The van der Waals surface area contributed by atoms with Crippen molar-refractivity contribution < 1.29 is 4.79 Å². The van der Waals surface area contributed by atoms with Crippen LogP contribution in [-0.4, -0.2) is 60.0 Å². The molecule has 0 aliphatic carbocycles. The molecule has 5 nitrogen and oxygen atoms in total. The van der Waals surface area contributed by atoms with Crippen LogP contribution in [0.3, 0.4) is 0 Å². The van der Waals surface area contributed by atoms with Gasteiger partial charge in [0.2, 0.25) is 5.91 Å². The second kappa shape index (κ2) is 10.6. The number of thioether (sulfide) groups is 1. The Morgan fingerprint density at radius 1 is 1.36 bits per heavy atom. The van der Waals surface area contributed by atoms with Crippen molar-refractivity contribution in [3.8, 4) is 0 Å². The molecule has 0 radical (unpaired) electrons. The summed E-state index contributed by atoms with van der Waals surface area (Å²) in [5.41, 5.74) is 0. The van der Waals surface area contributed by atoms with Crippen molar-refractivity contribution in [1.29, 1.82) is 0 Å². The molecule has 0 spiro atoms. The molecule has 1 saturated heterocycles. The van der Waals surface area contributed by atoms with Crippen molar-refractivity contribution in [2.45, 2.75) is 39.4 Å². The Kier molecular flexibility index (Phi) is 10.5. The van der Waals surface area contributed by atoms with Crippen LogP contribution < -0.4 is 10.6 Å². The Morgan fingerprint density at radius 2 is 2.05 bits per heavy atom. The lowest BCUT2D eigenvalue weighted by atomic mass is 10.2. The number of hydrogen-bond acceptors (Lipinski definition) is 3. The minimum atomic E-state index is 0. The van der Waals surface area contributed by atoms with E-state index in [-0.39, 0.29) is 40.5 Å². The molecule has 0 aromatic heterocycles. The summed E-state index contributed by atoms with van der Waals surface area (Å²) in [4.78, 5) is 18.5. The Balaban J connectivity index is 0.00000441. The molecule has 1 amide bonds. The fourth-order valence-corrected chi connectivity index (χ4v) is 3.28. The first-order valence-electron chi connectivity index (χ1n) is 7.80. The van der Waals surface area contributed by atoms with Crippen LogP contribution in [0.2, 0.25) is 0 Å². The van der Waals surface area contributed by atoms with E-state index < -0.39 is 0 Å². The van der Waals surface area contributed by atoms with Crippen molar-refractivity contribution in [3.63, 3.8) is 0 Å². The molecular formula is C15H31IN4OS. The van der Waals surface area contributed by atoms with E-state index >= 15 is 0 Å². The van der Waals surface area contributed by atoms with E-state index in [0.29, 0.717) is 13.1 Å². The Morgan fingerprint density at radius 3 is 2.59 bits per heavy atom. The van der Waals surface area contributed by atoms with Crippen LogP contribution >= 0.6 is 35.7 Å². The van der Waals surface area contributed by atoms with Gasteiger partial charge in [0.15, 0.2) is 5.96 Å². The van der Waals surface area contributed by atoms with Gasteiger partial charge in [0.1, 0.15) is 0 Å². The summed E-state index contributed by atoms with van der Waals surface area (Å²) in [6.07, 6.45) is 0. The minimum Gasteiger partial charge on any atom is -0.357 e. The van der Waals surface area contributed by atoms with Crippen LogP contribution in [0.25, 0.3) is 0 Å². The molecule has 0 aromatic rings. The molecule has 0 unspecified atom stereocenters. The normalized spacial score (nSPS) is 17.9. The molecule has 0 aromatic carbocycles. The third-order valence-electron chi connectivity index (χ3n) is 3.26. The van der Waals surface area contributed by atoms with E-state index in [2.05, 4.69) is 41.3 Å². The second-order valence-electron chi connectivity index (χ2n) is 6.21. The number of carbonyl (C=O) groups is 1. The van der Waals surface area contributed by atoms with Crippen molar-refractivity contribution in [2.75, 3.05) is 38.5 Å². The van der Waals surface area contributed by atoms with E-state index in [1.807, 2.05) is 25.6 Å². The number of hydrogen-bond donors (Lipinski definition) is 2. The first kappa shape index (κ1) is 21.8. The average molecular weight is 442 g/mol. The lowest BCUT2D eigenvalue weighted by Gasteiger charge is -2.39. The topological polar surface area (TPSA) is 56.7 Å². The van der Waals surface area contributed by atoms with Gasteiger partial charge in [-0.1, -0.05) is 13.8 Å². The molecule has 1 aliphatic heterocycles. The van der Waals surface area contributed by atoms with Gasteiger partial charge in [0.05, 0.1) is 6.54 Å². The lowest BCUT2D eigenvalue weighted by Crippen LogP contribution is -2.51. The Hall–Kier alpha value is -0.180. The standard InChI is InChI=1S/C15H30N4OS.HI/c1-6-16-14(18-8-7-17-13(20)12(2)3)19-9-10-21-15(4,5)11-19;/h12H,6-11H2,1-5H3,(H,16,18)(H,17,20);1H. The fraction of sp³-hybridized carbons (Fsp3) is 0.867. The van der Waals surface area contributed by atoms with Gasteiger partial charge in [0.25, 0.3) is 0 Å².